The molecule has 1 aromatic carbocycles. The van der Waals surface area contributed by atoms with Crippen LogP contribution in [-0.2, 0) is 4.74 Å². The van der Waals surface area contributed by atoms with Crippen LogP contribution < -0.4 is 16.2 Å². The van der Waals surface area contributed by atoms with E-state index in [1.807, 2.05) is 0 Å². The molecule has 0 saturated carbocycles. The Morgan fingerprint density at radius 1 is 1.48 bits per heavy atom. The number of hydrogen-bond donors (Lipinski definition) is 3. The fourth-order valence-corrected chi connectivity index (χ4v) is 2.45. The minimum Gasteiger partial charge on any atom is -0.388 e. The minimum absolute atomic E-state index is 0.0498. The Morgan fingerprint density at radius 2 is 2.14 bits per heavy atom. The third kappa shape index (κ3) is 3.81. The zero-order valence-corrected chi connectivity index (χ0v) is 11.9. The molecule has 1 aliphatic heterocycles. The first-order valence-corrected chi connectivity index (χ1v) is 6.71. The average Bonchev–Trinajstić information content (AvgIpc) is 2.46. The Balaban J connectivity index is 2.19. The first kappa shape index (κ1) is 15.5. The summed E-state index contributed by atoms with van der Waals surface area (Å²) >= 11 is 0. The topological polar surface area (TPSA) is 114 Å². The highest BCUT2D eigenvalue weighted by Crippen LogP contribution is 2.29. The SMILES string of the molecule is CN(CC1(O)CCOCC1)c1cc(NN)cc([N+](=O)[O-])c1. The summed E-state index contributed by atoms with van der Waals surface area (Å²) in [5.41, 5.74) is 2.60. The van der Waals surface area contributed by atoms with Crippen molar-refractivity contribution in [3.63, 3.8) is 0 Å². The molecule has 21 heavy (non-hydrogen) atoms. The molecule has 0 amide bonds. The number of nitro benzene ring substituents is 1. The molecule has 4 N–H and O–H groups in total. The third-order valence-electron chi connectivity index (χ3n) is 3.68. The smallest absolute Gasteiger partial charge is 0.273 e. The van der Waals surface area contributed by atoms with Gasteiger partial charge in [-0.2, -0.15) is 0 Å². The Bertz CT molecular complexity index is 517. The molecule has 0 atom stereocenters. The van der Waals surface area contributed by atoms with Crippen LogP contribution in [0.15, 0.2) is 18.2 Å². The molecule has 0 aromatic heterocycles. The van der Waals surface area contributed by atoms with E-state index in [2.05, 4.69) is 5.43 Å². The molecule has 1 aliphatic rings. The van der Waals surface area contributed by atoms with Gasteiger partial charge in [-0.1, -0.05) is 0 Å². The zero-order valence-electron chi connectivity index (χ0n) is 11.9. The molecule has 0 bridgehead atoms. The number of benzene rings is 1. The van der Waals surface area contributed by atoms with Crippen molar-refractivity contribution >= 4 is 17.1 Å². The van der Waals surface area contributed by atoms with Crippen LogP contribution in [0.5, 0.6) is 0 Å². The summed E-state index contributed by atoms with van der Waals surface area (Å²) in [6, 6.07) is 4.53. The molecule has 1 aromatic rings. The number of nitrogens with two attached hydrogens (primary N) is 1. The summed E-state index contributed by atoms with van der Waals surface area (Å²) in [7, 11) is 1.78. The molecular formula is C13H20N4O4. The summed E-state index contributed by atoms with van der Waals surface area (Å²) in [5.74, 6) is 5.34. The number of non-ortho nitro benzene ring substituents is 1. The van der Waals surface area contributed by atoms with Gasteiger partial charge < -0.3 is 20.2 Å². The second kappa shape index (κ2) is 6.25. The number of anilines is 2. The van der Waals surface area contributed by atoms with E-state index in [1.165, 1.54) is 12.1 Å². The quantitative estimate of drug-likeness (QED) is 0.419. The molecular weight excluding hydrogens is 276 g/mol. The molecule has 0 unspecified atom stereocenters. The lowest BCUT2D eigenvalue weighted by atomic mass is 9.94. The number of hydrogen-bond acceptors (Lipinski definition) is 7. The van der Waals surface area contributed by atoms with Crippen LogP contribution in [0.4, 0.5) is 17.1 Å². The Hall–Kier alpha value is -1.90. The van der Waals surface area contributed by atoms with Crippen LogP contribution in [0.25, 0.3) is 0 Å². The van der Waals surface area contributed by atoms with Gasteiger partial charge in [0.05, 0.1) is 16.2 Å². The fourth-order valence-electron chi connectivity index (χ4n) is 2.45. The lowest BCUT2D eigenvalue weighted by Crippen LogP contribution is -2.45. The van der Waals surface area contributed by atoms with E-state index < -0.39 is 10.5 Å². The van der Waals surface area contributed by atoms with Crippen molar-refractivity contribution in [3.8, 4) is 0 Å². The van der Waals surface area contributed by atoms with Crippen molar-refractivity contribution in [2.24, 2.45) is 5.84 Å². The standard InChI is InChI=1S/C13H20N4O4/c1-16(9-13(18)2-4-21-5-3-13)11-6-10(15-14)7-12(8-11)17(19)20/h6-8,15,18H,2-5,9,14H2,1H3. The number of nitrogens with one attached hydrogen (secondary N) is 1. The van der Waals surface area contributed by atoms with Gasteiger partial charge in [0.25, 0.3) is 5.69 Å². The van der Waals surface area contributed by atoms with Gasteiger partial charge in [0.15, 0.2) is 0 Å². The van der Waals surface area contributed by atoms with Crippen molar-refractivity contribution in [2.75, 3.05) is 37.1 Å². The van der Waals surface area contributed by atoms with Gasteiger partial charge >= 0.3 is 0 Å². The maximum absolute atomic E-state index is 10.9. The Labute approximate surface area is 122 Å². The average molecular weight is 296 g/mol. The zero-order chi connectivity index (χ0) is 15.5. The van der Waals surface area contributed by atoms with E-state index in [0.29, 0.717) is 44.0 Å². The predicted octanol–water partition coefficient (Wildman–Crippen LogP) is 0.858. The largest absolute Gasteiger partial charge is 0.388 e. The molecule has 1 fully saturated rings. The molecule has 1 saturated heterocycles. The molecule has 8 heteroatoms. The van der Waals surface area contributed by atoms with Gasteiger partial charge in [0.2, 0.25) is 0 Å². The Kier molecular flexibility index (Phi) is 4.61. The van der Waals surface area contributed by atoms with Crippen LogP contribution in [0.2, 0.25) is 0 Å². The molecule has 0 aliphatic carbocycles. The molecule has 0 spiro atoms. The number of aliphatic hydroxyl groups is 1. The van der Waals surface area contributed by atoms with Gasteiger partial charge in [-0.05, 0) is 6.07 Å². The number of nitro groups is 1. The van der Waals surface area contributed by atoms with Crippen LogP contribution >= 0.6 is 0 Å². The third-order valence-corrected chi connectivity index (χ3v) is 3.68. The second-order valence-electron chi connectivity index (χ2n) is 5.33. The van der Waals surface area contributed by atoms with E-state index in [9.17, 15) is 15.2 Å². The van der Waals surface area contributed by atoms with Crippen molar-refractivity contribution < 1.29 is 14.8 Å². The number of hydrazine groups is 1. The highest BCUT2D eigenvalue weighted by Gasteiger charge is 2.31. The molecule has 0 radical (unpaired) electrons. The summed E-state index contributed by atoms with van der Waals surface area (Å²) in [6.45, 7) is 1.42. The van der Waals surface area contributed by atoms with Crippen molar-refractivity contribution in [2.45, 2.75) is 18.4 Å². The summed E-state index contributed by atoms with van der Waals surface area (Å²) in [5, 5.41) is 21.5. The maximum Gasteiger partial charge on any atom is 0.273 e. The van der Waals surface area contributed by atoms with Gasteiger partial charge in [-0.25, -0.2) is 0 Å². The number of ether oxygens (including phenoxy) is 1. The minimum atomic E-state index is -0.839. The van der Waals surface area contributed by atoms with Gasteiger partial charge in [-0.15, -0.1) is 0 Å². The number of nitrogens with zero attached hydrogens (tertiary/aromatic N) is 2. The van der Waals surface area contributed by atoms with Gasteiger partial charge in [0.1, 0.15) is 0 Å². The van der Waals surface area contributed by atoms with Crippen LogP contribution in [0, 0.1) is 10.1 Å². The first-order valence-electron chi connectivity index (χ1n) is 6.71. The summed E-state index contributed by atoms with van der Waals surface area (Å²) < 4.78 is 5.24. The van der Waals surface area contributed by atoms with E-state index >= 15 is 0 Å². The Morgan fingerprint density at radius 3 is 2.71 bits per heavy atom. The van der Waals surface area contributed by atoms with Crippen LogP contribution in [0.3, 0.4) is 0 Å². The second-order valence-corrected chi connectivity index (χ2v) is 5.33. The van der Waals surface area contributed by atoms with Gasteiger partial charge in [0, 0.05) is 57.5 Å². The molecule has 116 valence electrons. The van der Waals surface area contributed by atoms with Crippen LogP contribution in [-0.4, -0.2) is 42.4 Å². The number of nitrogen functional groups attached to an aromatic ring is 1. The highest BCUT2D eigenvalue weighted by atomic mass is 16.6. The van der Waals surface area contributed by atoms with E-state index in [4.69, 9.17) is 10.6 Å². The lowest BCUT2D eigenvalue weighted by Gasteiger charge is -2.36. The fraction of sp³-hybridized carbons (Fsp3) is 0.538. The van der Waals surface area contributed by atoms with E-state index in [1.54, 1.807) is 18.0 Å². The first-order chi connectivity index (χ1) is 9.93. The van der Waals surface area contributed by atoms with E-state index in [0.717, 1.165) is 0 Å². The van der Waals surface area contributed by atoms with Gasteiger partial charge in [-0.3, -0.25) is 16.0 Å². The van der Waals surface area contributed by atoms with Crippen LogP contribution in [0.1, 0.15) is 12.8 Å². The molecule has 8 nitrogen and oxygen atoms in total. The monoisotopic (exact) mass is 296 g/mol. The predicted molar refractivity (Wildman–Crippen MR) is 79.2 cm³/mol. The van der Waals surface area contributed by atoms with E-state index in [-0.39, 0.29) is 5.69 Å². The van der Waals surface area contributed by atoms with Crippen molar-refractivity contribution in [3.05, 3.63) is 28.3 Å². The maximum atomic E-state index is 10.9. The van der Waals surface area contributed by atoms with Crippen molar-refractivity contribution in [1.29, 1.82) is 0 Å². The number of likely N-dealkylation sites (N-methyl/N-ethyl adjacent to an activating group) is 1. The summed E-state index contributed by atoms with van der Waals surface area (Å²) in [6.07, 6.45) is 1.10. The van der Waals surface area contributed by atoms with Crippen molar-refractivity contribution in [1.82, 2.24) is 0 Å². The number of rotatable bonds is 5. The normalized spacial score (nSPS) is 17.3. The lowest BCUT2D eigenvalue weighted by molar-refractivity contribution is -0.384. The summed E-state index contributed by atoms with van der Waals surface area (Å²) in [4.78, 5) is 12.3. The molecule has 1 heterocycles. The highest BCUT2D eigenvalue weighted by molar-refractivity contribution is 5.64. The molecule has 2 rings (SSSR count).